The lowest BCUT2D eigenvalue weighted by atomic mass is 10.2. The Morgan fingerprint density at radius 3 is 1.25 bits per heavy atom. The molecule has 0 aromatic heterocycles. The van der Waals surface area contributed by atoms with Gasteiger partial charge in [0.25, 0.3) is 0 Å². The van der Waals surface area contributed by atoms with Crippen molar-refractivity contribution in [3.63, 3.8) is 0 Å². The Hall–Kier alpha value is -2.08. The molecule has 3 aromatic carbocycles. The van der Waals surface area contributed by atoms with E-state index in [4.69, 9.17) is 0 Å². The first-order chi connectivity index (χ1) is 11.9. The lowest BCUT2D eigenvalue weighted by Crippen LogP contribution is -2.39. The highest BCUT2D eigenvalue weighted by molar-refractivity contribution is 7.94. The molecule has 1 heterocycles. The van der Waals surface area contributed by atoms with Crippen LogP contribution in [0.4, 0.5) is 0 Å². The third kappa shape index (κ3) is 2.75. The number of hydrogen-bond donors (Lipinski definition) is 0. The maximum atomic E-state index is 2.55. The fourth-order valence-electron chi connectivity index (χ4n) is 3.34. The molecular weight excluding hydrogens is 309 g/mol. The van der Waals surface area contributed by atoms with Crippen LogP contribution in [0, 0.1) is 0 Å². The number of nitrogens with zero attached hydrogens (tertiary/aromatic N) is 1. The zero-order chi connectivity index (χ0) is 16.2. The van der Waals surface area contributed by atoms with Crippen molar-refractivity contribution in [2.45, 2.75) is 6.42 Å². The smallest absolute Gasteiger partial charge is 0.00374 e. The van der Waals surface area contributed by atoms with Gasteiger partial charge in [-0.2, -0.15) is 0 Å². The normalized spacial score (nSPS) is 14.8. The van der Waals surface area contributed by atoms with Gasteiger partial charge < -0.3 is 0 Å². The van der Waals surface area contributed by atoms with Gasteiger partial charge in [-0.1, -0.05) is 91.0 Å². The molecule has 1 nitrogen and oxygen atoms in total. The third-order valence-electron chi connectivity index (χ3n) is 4.72. The van der Waals surface area contributed by atoms with Crippen LogP contribution < -0.4 is 15.9 Å². The molecule has 3 aromatic rings. The van der Waals surface area contributed by atoms with Crippen LogP contribution in [0.1, 0.15) is 6.42 Å². The fourth-order valence-corrected chi connectivity index (χ4v) is 7.28. The molecule has 0 bridgehead atoms. The van der Waals surface area contributed by atoms with Crippen molar-refractivity contribution in [1.29, 1.82) is 0 Å². The molecule has 0 N–H and O–H groups in total. The summed E-state index contributed by atoms with van der Waals surface area (Å²) in [5.74, 6) is 2.55. The molecular formula is C22H22NP. The van der Waals surface area contributed by atoms with Crippen LogP contribution in [0.15, 0.2) is 91.0 Å². The summed E-state index contributed by atoms with van der Waals surface area (Å²) in [6.45, 7) is 0.576. The molecule has 1 aliphatic heterocycles. The van der Waals surface area contributed by atoms with Crippen molar-refractivity contribution < 1.29 is 0 Å². The van der Waals surface area contributed by atoms with Crippen LogP contribution in [0.5, 0.6) is 0 Å². The van der Waals surface area contributed by atoms with Gasteiger partial charge in [0.2, 0.25) is 0 Å². The zero-order valence-corrected chi connectivity index (χ0v) is 14.6. The minimum absolute atomic E-state index is 1.17. The zero-order valence-electron chi connectivity index (χ0n) is 13.8. The molecule has 2 heteroatoms. The number of likely N-dealkylation sites (tertiary alicyclic amines) is 1. The fraction of sp³-hybridized carbons (Fsp3) is 0.136. The van der Waals surface area contributed by atoms with Crippen molar-refractivity contribution >= 4 is 28.7 Å². The van der Waals surface area contributed by atoms with Crippen molar-refractivity contribution in [3.8, 4) is 0 Å². The van der Waals surface area contributed by atoms with E-state index in [0.717, 1.165) is 0 Å². The molecule has 120 valence electrons. The van der Waals surface area contributed by atoms with Gasteiger partial charge in [0.05, 0.1) is 0 Å². The third-order valence-corrected chi connectivity index (χ3v) is 8.73. The lowest BCUT2D eigenvalue weighted by Gasteiger charge is -2.35. The van der Waals surface area contributed by atoms with Gasteiger partial charge in [-0.25, -0.2) is 0 Å². The molecule has 0 saturated carbocycles. The maximum Gasteiger partial charge on any atom is 0.00374 e. The van der Waals surface area contributed by atoms with Crippen LogP contribution in [-0.2, 0) is 0 Å². The van der Waals surface area contributed by atoms with E-state index < -0.39 is 6.89 Å². The molecule has 1 aliphatic rings. The summed E-state index contributed by atoms with van der Waals surface area (Å²) in [6.07, 6.45) is 1.30. The van der Waals surface area contributed by atoms with E-state index in [9.17, 15) is 0 Å². The molecule has 0 atom stereocenters. The van der Waals surface area contributed by atoms with E-state index in [1.54, 1.807) is 0 Å². The first kappa shape index (κ1) is 15.4. The van der Waals surface area contributed by atoms with E-state index in [2.05, 4.69) is 102 Å². The van der Waals surface area contributed by atoms with Crippen LogP contribution in [-0.4, -0.2) is 23.9 Å². The first-order valence-corrected chi connectivity index (χ1v) is 10.4. The molecule has 0 aliphatic carbocycles. The van der Waals surface area contributed by atoms with Gasteiger partial charge in [0.1, 0.15) is 0 Å². The second-order valence-electron chi connectivity index (χ2n) is 6.23. The summed E-state index contributed by atoms with van der Waals surface area (Å²) in [5, 5.41) is 4.28. The number of benzene rings is 3. The van der Waals surface area contributed by atoms with E-state index in [0.29, 0.717) is 0 Å². The van der Waals surface area contributed by atoms with Gasteiger partial charge in [0.15, 0.2) is 0 Å². The Morgan fingerprint density at radius 2 is 0.958 bits per heavy atom. The molecule has 1 saturated heterocycles. The predicted molar refractivity (Wildman–Crippen MR) is 107 cm³/mol. The highest BCUT2D eigenvalue weighted by atomic mass is 31.2. The molecule has 24 heavy (non-hydrogen) atoms. The Kier molecular flexibility index (Phi) is 4.38. The van der Waals surface area contributed by atoms with Gasteiger partial charge in [-0.15, -0.1) is 0 Å². The molecule has 0 unspecified atom stereocenters. The summed E-state index contributed by atoms with van der Waals surface area (Å²) in [6, 6.07) is 33.1. The SMILES string of the molecule is C(N1CCC1)=P(c1ccccc1)(c1ccccc1)c1ccccc1. The highest BCUT2D eigenvalue weighted by Gasteiger charge is 2.27. The van der Waals surface area contributed by atoms with Crippen LogP contribution >= 0.6 is 6.89 Å². The second-order valence-corrected chi connectivity index (χ2v) is 9.46. The minimum atomic E-state index is -1.77. The average Bonchev–Trinajstić information content (AvgIpc) is 2.64. The number of hydrogen-bond acceptors (Lipinski definition) is 0. The van der Waals surface area contributed by atoms with Crippen LogP contribution in [0.2, 0.25) is 0 Å². The molecule has 1 fully saturated rings. The van der Waals surface area contributed by atoms with E-state index in [-0.39, 0.29) is 0 Å². The summed E-state index contributed by atoms with van der Waals surface area (Å²) in [4.78, 5) is 2.50. The minimum Gasteiger partial charge on any atom is -0.280 e. The highest BCUT2D eigenvalue weighted by Crippen LogP contribution is 2.44. The van der Waals surface area contributed by atoms with Crippen molar-refractivity contribution in [2.24, 2.45) is 0 Å². The van der Waals surface area contributed by atoms with Gasteiger partial charge in [-0.3, -0.25) is 4.90 Å². The van der Waals surface area contributed by atoms with Crippen molar-refractivity contribution in [1.82, 2.24) is 4.90 Å². The quantitative estimate of drug-likeness (QED) is 0.662. The number of rotatable bonds is 4. The van der Waals surface area contributed by atoms with Gasteiger partial charge >= 0.3 is 0 Å². The van der Waals surface area contributed by atoms with Crippen LogP contribution in [0.3, 0.4) is 0 Å². The summed E-state index contributed by atoms with van der Waals surface area (Å²) >= 11 is 0. The van der Waals surface area contributed by atoms with Crippen molar-refractivity contribution in [2.75, 3.05) is 13.1 Å². The molecule has 4 rings (SSSR count). The Labute approximate surface area is 144 Å². The lowest BCUT2D eigenvalue weighted by molar-refractivity contribution is 0.314. The first-order valence-electron chi connectivity index (χ1n) is 8.55. The molecule has 0 amide bonds. The molecule has 0 spiro atoms. The van der Waals surface area contributed by atoms with E-state index in [1.807, 2.05) is 0 Å². The Morgan fingerprint density at radius 1 is 0.583 bits per heavy atom. The van der Waals surface area contributed by atoms with Crippen LogP contribution in [0.25, 0.3) is 0 Å². The maximum absolute atomic E-state index is 2.55. The summed E-state index contributed by atoms with van der Waals surface area (Å²) < 4.78 is 0. The largest absolute Gasteiger partial charge is 0.280 e. The van der Waals surface area contributed by atoms with Crippen molar-refractivity contribution in [3.05, 3.63) is 91.0 Å². The standard InChI is InChI=1S/C22H22NP/c1-4-11-20(12-5-1)24(19-23-17-10-18-23,21-13-6-2-7-14-21)22-15-8-3-9-16-22/h1-9,11-16,19H,10,17-18H2. The Balaban J connectivity index is 2.05. The monoisotopic (exact) mass is 331 g/mol. The Bertz CT molecular complexity index is 733. The second kappa shape index (κ2) is 6.81. The summed E-state index contributed by atoms with van der Waals surface area (Å²) in [7, 11) is 0. The van der Waals surface area contributed by atoms with Gasteiger partial charge in [-0.05, 0) is 35.1 Å². The van der Waals surface area contributed by atoms with Gasteiger partial charge in [0, 0.05) is 13.1 Å². The summed E-state index contributed by atoms with van der Waals surface area (Å²) in [5.41, 5.74) is 0. The topological polar surface area (TPSA) is 3.24 Å². The van der Waals surface area contributed by atoms with E-state index >= 15 is 0 Å². The average molecular weight is 331 g/mol. The predicted octanol–water partition coefficient (Wildman–Crippen LogP) is 3.45. The molecule has 0 radical (unpaired) electrons. The van der Waals surface area contributed by atoms with E-state index in [1.165, 1.54) is 35.4 Å².